The van der Waals surface area contributed by atoms with E-state index in [1.165, 1.54) is 31.3 Å². The minimum atomic E-state index is 0.860. The summed E-state index contributed by atoms with van der Waals surface area (Å²) in [6.07, 6.45) is 0. The van der Waals surface area contributed by atoms with Crippen molar-refractivity contribution in [1.82, 2.24) is 0 Å². The average Bonchev–Trinajstić information content (AvgIpc) is 3.90. The van der Waals surface area contributed by atoms with Gasteiger partial charge in [0.2, 0.25) is 0 Å². The molecule has 0 bridgehead atoms. The van der Waals surface area contributed by atoms with E-state index in [1.807, 2.05) is 35.6 Å². The minimum Gasteiger partial charge on any atom is -0.456 e. The summed E-state index contributed by atoms with van der Waals surface area (Å²) in [4.78, 5) is 2.32. The molecule has 11 rings (SSSR count). The fourth-order valence-electron chi connectivity index (χ4n) is 7.87. The van der Waals surface area contributed by atoms with E-state index in [0.29, 0.717) is 0 Å². The molecule has 0 N–H and O–H groups in total. The van der Waals surface area contributed by atoms with Crippen molar-refractivity contribution in [3.8, 4) is 22.3 Å². The summed E-state index contributed by atoms with van der Waals surface area (Å²) in [6.45, 7) is 0. The second-order valence-corrected chi connectivity index (χ2v) is 14.4. The maximum Gasteiger partial charge on any atom is 0.159 e. The number of nitrogens with zero attached hydrogens (tertiary/aromatic N) is 1. The van der Waals surface area contributed by atoms with Gasteiger partial charge in [-0.25, -0.2) is 0 Å². The van der Waals surface area contributed by atoms with Crippen molar-refractivity contribution < 1.29 is 8.83 Å². The molecule has 0 fully saturated rings. The lowest BCUT2D eigenvalue weighted by Crippen LogP contribution is -2.10. The molecule has 0 unspecified atom stereocenters. The number of hydrogen-bond acceptors (Lipinski definition) is 4. The Labute approximate surface area is 303 Å². The van der Waals surface area contributed by atoms with Crippen molar-refractivity contribution in [3.05, 3.63) is 176 Å². The zero-order valence-corrected chi connectivity index (χ0v) is 28.7. The number of rotatable bonds is 5. The van der Waals surface area contributed by atoms with Crippen molar-refractivity contribution in [2.75, 3.05) is 4.90 Å². The Hall–Kier alpha value is -6.62. The Bertz CT molecular complexity index is 3150. The van der Waals surface area contributed by atoms with Crippen LogP contribution in [-0.2, 0) is 0 Å². The molecule has 3 heterocycles. The molecule has 4 heteroatoms. The van der Waals surface area contributed by atoms with Gasteiger partial charge in [-0.2, -0.15) is 0 Å². The lowest BCUT2D eigenvalue weighted by molar-refractivity contribution is 0.668. The molecule has 11 aromatic rings. The number of anilines is 3. The smallest absolute Gasteiger partial charge is 0.159 e. The molecule has 244 valence electrons. The van der Waals surface area contributed by atoms with Crippen LogP contribution < -0.4 is 4.90 Å². The summed E-state index contributed by atoms with van der Waals surface area (Å²) in [6, 6.07) is 62.6. The largest absolute Gasteiger partial charge is 0.456 e. The highest BCUT2D eigenvalue weighted by Gasteiger charge is 2.20. The molecule has 0 saturated carbocycles. The van der Waals surface area contributed by atoms with E-state index in [9.17, 15) is 0 Å². The van der Waals surface area contributed by atoms with Gasteiger partial charge in [0.15, 0.2) is 5.58 Å². The second-order valence-electron chi connectivity index (χ2n) is 13.3. The lowest BCUT2D eigenvalue weighted by atomic mass is 9.99. The van der Waals surface area contributed by atoms with Crippen molar-refractivity contribution in [2.24, 2.45) is 0 Å². The number of benzene rings is 8. The van der Waals surface area contributed by atoms with E-state index < -0.39 is 0 Å². The SMILES string of the molecule is c1cc(-c2ccc3oc4ccccc4c3c2)cc(N(c2ccc(-c3cccc4sc5ccccc5c34)cc2)c2cccc3c2oc2ccccc23)c1. The zero-order valence-electron chi connectivity index (χ0n) is 27.9. The third kappa shape index (κ3) is 4.51. The van der Waals surface area contributed by atoms with Crippen molar-refractivity contribution >= 4 is 92.4 Å². The maximum absolute atomic E-state index is 6.62. The van der Waals surface area contributed by atoms with Crippen LogP contribution in [0.5, 0.6) is 0 Å². The van der Waals surface area contributed by atoms with Crippen LogP contribution in [0.2, 0.25) is 0 Å². The summed E-state index contributed by atoms with van der Waals surface area (Å²) in [5.74, 6) is 0. The molecular formula is C48H29NO2S. The van der Waals surface area contributed by atoms with Crippen molar-refractivity contribution in [1.29, 1.82) is 0 Å². The van der Waals surface area contributed by atoms with Crippen LogP contribution >= 0.6 is 11.3 Å². The van der Waals surface area contributed by atoms with Gasteiger partial charge in [0.1, 0.15) is 16.7 Å². The van der Waals surface area contributed by atoms with E-state index in [0.717, 1.165) is 72.1 Å². The van der Waals surface area contributed by atoms with Gasteiger partial charge >= 0.3 is 0 Å². The van der Waals surface area contributed by atoms with Gasteiger partial charge in [0, 0.05) is 53.1 Å². The van der Waals surface area contributed by atoms with Crippen LogP contribution in [0.4, 0.5) is 17.1 Å². The molecule has 52 heavy (non-hydrogen) atoms. The topological polar surface area (TPSA) is 29.5 Å². The highest BCUT2D eigenvalue weighted by Crippen LogP contribution is 2.45. The number of thiophene rings is 1. The molecule has 0 aliphatic carbocycles. The van der Waals surface area contributed by atoms with Gasteiger partial charge in [-0.1, -0.05) is 109 Å². The van der Waals surface area contributed by atoms with Crippen LogP contribution in [0.15, 0.2) is 185 Å². The first kappa shape index (κ1) is 29.1. The van der Waals surface area contributed by atoms with Crippen LogP contribution in [0, 0.1) is 0 Å². The van der Waals surface area contributed by atoms with Crippen LogP contribution in [0.3, 0.4) is 0 Å². The molecule has 8 aromatic carbocycles. The second kappa shape index (κ2) is 11.5. The normalized spacial score (nSPS) is 11.8. The highest BCUT2D eigenvalue weighted by atomic mass is 32.1. The third-order valence-electron chi connectivity index (χ3n) is 10.3. The summed E-state index contributed by atoms with van der Waals surface area (Å²) in [5.41, 5.74) is 11.3. The highest BCUT2D eigenvalue weighted by molar-refractivity contribution is 7.25. The predicted molar refractivity (Wildman–Crippen MR) is 219 cm³/mol. The van der Waals surface area contributed by atoms with Gasteiger partial charge in [-0.15, -0.1) is 11.3 Å². The zero-order chi connectivity index (χ0) is 34.2. The predicted octanol–water partition coefficient (Wildman–Crippen LogP) is 14.7. The maximum atomic E-state index is 6.62. The van der Waals surface area contributed by atoms with Crippen molar-refractivity contribution in [3.63, 3.8) is 0 Å². The summed E-state index contributed by atoms with van der Waals surface area (Å²) in [7, 11) is 0. The lowest BCUT2D eigenvalue weighted by Gasteiger charge is -2.26. The number of fused-ring (bicyclic) bond motifs is 9. The van der Waals surface area contributed by atoms with E-state index in [2.05, 4.69) is 157 Å². The van der Waals surface area contributed by atoms with E-state index >= 15 is 0 Å². The molecular weight excluding hydrogens is 655 g/mol. The Morgan fingerprint density at radius 2 is 1.02 bits per heavy atom. The summed E-state index contributed by atoms with van der Waals surface area (Å²) in [5, 5.41) is 7.07. The van der Waals surface area contributed by atoms with Gasteiger partial charge in [0.25, 0.3) is 0 Å². The third-order valence-corrected chi connectivity index (χ3v) is 11.4. The van der Waals surface area contributed by atoms with Gasteiger partial charge in [-0.3, -0.25) is 0 Å². The Morgan fingerprint density at radius 3 is 1.88 bits per heavy atom. The first-order valence-corrected chi connectivity index (χ1v) is 18.3. The Balaban J connectivity index is 1.09. The fraction of sp³-hybridized carbons (Fsp3) is 0. The number of para-hydroxylation sites is 3. The molecule has 0 aliphatic rings. The van der Waals surface area contributed by atoms with Crippen LogP contribution in [-0.4, -0.2) is 0 Å². The molecule has 0 atom stereocenters. The Morgan fingerprint density at radius 1 is 0.385 bits per heavy atom. The first-order chi connectivity index (χ1) is 25.8. The Kier molecular flexibility index (Phi) is 6.42. The van der Waals surface area contributed by atoms with Gasteiger partial charge in [-0.05, 0) is 89.0 Å². The molecule has 0 aliphatic heterocycles. The number of furan rings is 2. The average molecular weight is 684 g/mol. The van der Waals surface area contributed by atoms with E-state index in [4.69, 9.17) is 8.83 Å². The van der Waals surface area contributed by atoms with E-state index in [-0.39, 0.29) is 0 Å². The van der Waals surface area contributed by atoms with Crippen LogP contribution in [0.25, 0.3) is 86.3 Å². The molecule has 3 nitrogen and oxygen atoms in total. The first-order valence-electron chi connectivity index (χ1n) is 17.5. The quantitative estimate of drug-likeness (QED) is 0.181. The monoisotopic (exact) mass is 683 g/mol. The minimum absolute atomic E-state index is 0.860. The molecule has 0 radical (unpaired) electrons. The number of hydrogen-bond donors (Lipinski definition) is 0. The molecule has 0 spiro atoms. The fourth-order valence-corrected chi connectivity index (χ4v) is 9.00. The van der Waals surface area contributed by atoms with E-state index in [1.54, 1.807) is 0 Å². The molecule has 0 amide bonds. The molecule has 0 saturated heterocycles. The summed E-state index contributed by atoms with van der Waals surface area (Å²) >= 11 is 1.85. The standard InChI is InChI=1S/C48H29NO2S/c1-5-19-43-36(12-1)38-16-8-17-41(48(38)51-43)49(33-25-22-30(23-26-33)35-15-9-21-46-47(35)39-14-3-6-20-45(39)52-46)34-11-7-10-31(28-34)32-24-27-44-40(29-32)37-13-2-4-18-42(37)50-44/h1-29H. The summed E-state index contributed by atoms with van der Waals surface area (Å²) < 4.78 is 15.4. The van der Waals surface area contributed by atoms with Crippen LogP contribution in [0.1, 0.15) is 0 Å². The van der Waals surface area contributed by atoms with Gasteiger partial charge < -0.3 is 13.7 Å². The molecule has 3 aromatic heterocycles. The van der Waals surface area contributed by atoms with Crippen molar-refractivity contribution in [2.45, 2.75) is 0 Å². The van der Waals surface area contributed by atoms with Gasteiger partial charge in [0.05, 0.1) is 5.69 Å².